The molecule has 1 amide bonds. The second-order valence-corrected chi connectivity index (χ2v) is 8.77. The Balaban J connectivity index is 1.66. The zero-order valence-electron chi connectivity index (χ0n) is 11.6. The van der Waals surface area contributed by atoms with E-state index in [1.165, 1.54) is 11.3 Å². The molecule has 1 unspecified atom stereocenters. The number of benzene rings is 1. The summed E-state index contributed by atoms with van der Waals surface area (Å²) in [7, 11) is -2.93. The van der Waals surface area contributed by atoms with Gasteiger partial charge in [0.15, 0.2) is 15.0 Å². The molecule has 0 radical (unpaired) electrons. The van der Waals surface area contributed by atoms with Crippen LogP contribution >= 0.6 is 11.3 Å². The number of nitrogens with one attached hydrogen (secondary N) is 1. The van der Waals surface area contributed by atoms with Crippen LogP contribution in [0.25, 0.3) is 10.2 Å². The van der Waals surface area contributed by atoms with Gasteiger partial charge in [-0.1, -0.05) is 17.4 Å². The molecule has 0 bridgehead atoms. The van der Waals surface area contributed by atoms with Gasteiger partial charge in [-0.05, 0) is 37.0 Å². The molecule has 21 heavy (non-hydrogen) atoms. The van der Waals surface area contributed by atoms with Gasteiger partial charge in [-0.15, -0.1) is 0 Å². The largest absolute Gasteiger partial charge is 0.302 e. The molecular formula is C14H16N2O3S2. The van der Waals surface area contributed by atoms with E-state index < -0.39 is 9.84 Å². The van der Waals surface area contributed by atoms with Crippen molar-refractivity contribution in [2.24, 2.45) is 5.92 Å². The summed E-state index contributed by atoms with van der Waals surface area (Å²) < 4.78 is 23.8. The summed E-state index contributed by atoms with van der Waals surface area (Å²) >= 11 is 1.44. The highest BCUT2D eigenvalue weighted by Gasteiger charge is 2.29. The number of nitrogens with zero attached hydrogens (tertiary/aromatic N) is 1. The fourth-order valence-electron chi connectivity index (χ4n) is 2.55. The fourth-order valence-corrected chi connectivity index (χ4v) is 5.39. The van der Waals surface area contributed by atoms with Gasteiger partial charge in [0.2, 0.25) is 5.91 Å². The van der Waals surface area contributed by atoms with Gasteiger partial charge in [-0.3, -0.25) is 4.79 Å². The maximum Gasteiger partial charge on any atom is 0.226 e. The Bertz CT molecular complexity index is 796. The number of sulfone groups is 1. The third-order valence-corrected chi connectivity index (χ3v) is 6.36. The number of aromatic nitrogens is 1. The average molecular weight is 324 g/mol. The van der Waals surface area contributed by atoms with Gasteiger partial charge in [0.05, 0.1) is 21.7 Å². The van der Waals surface area contributed by atoms with Crippen LogP contribution in [-0.4, -0.2) is 30.8 Å². The monoisotopic (exact) mass is 324 g/mol. The van der Waals surface area contributed by atoms with E-state index in [4.69, 9.17) is 0 Å². The number of carbonyl (C=O) groups is 1. The van der Waals surface area contributed by atoms with Crippen LogP contribution in [0.4, 0.5) is 5.13 Å². The number of fused-ring (bicyclic) bond motifs is 1. The summed E-state index contributed by atoms with van der Waals surface area (Å²) in [6.45, 7) is 2.01. The van der Waals surface area contributed by atoms with Crippen LogP contribution in [0.1, 0.15) is 18.4 Å². The van der Waals surface area contributed by atoms with Crippen LogP contribution in [0, 0.1) is 12.8 Å². The van der Waals surface area contributed by atoms with Crippen LogP contribution in [0.3, 0.4) is 0 Å². The second-order valence-electron chi connectivity index (χ2n) is 5.51. The highest BCUT2D eigenvalue weighted by Crippen LogP contribution is 2.27. The maximum absolute atomic E-state index is 12.0. The number of hydrogen-bond acceptors (Lipinski definition) is 5. The van der Waals surface area contributed by atoms with Crippen molar-refractivity contribution in [1.82, 2.24) is 4.98 Å². The molecule has 1 aromatic heterocycles. The molecule has 0 spiro atoms. The highest BCUT2D eigenvalue weighted by atomic mass is 32.2. The molecule has 2 heterocycles. The van der Waals surface area contributed by atoms with E-state index in [1.54, 1.807) is 0 Å². The number of carbonyl (C=O) groups excluding carboxylic acids is 1. The average Bonchev–Trinajstić information content (AvgIpc) is 2.91. The summed E-state index contributed by atoms with van der Waals surface area (Å²) in [6, 6.07) is 5.95. The van der Waals surface area contributed by atoms with Gasteiger partial charge in [-0.2, -0.15) is 0 Å². The summed E-state index contributed by atoms with van der Waals surface area (Å²) in [5.41, 5.74) is 2.02. The Morgan fingerprint density at radius 3 is 3.00 bits per heavy atom. The fraction of sp³-hybridized carbons (Fsp3) is 0.429. The minimum absolute atomic E-state index is 0.0633. The molecular weight excluding hydrogens is 308 g/mol. The first-order valence-electron chi connectivity index (χ1n) is 6.79. The van der Waals surface area contributed by atoms with Crippen molar-refractivity contribution in [2.45, 2.75) is 19.8 Å². The van der Waals surface area contributed by atoms with Crippen LogP contribution in [0.2, 0.25) is 0 Å². The van der Waals surface area contributed by atoms with E-state index >= 15 is 0 Å². The quantitative estimate of drug-likeness (QED) is 0.940. The lowest BCUT2D eigenvalue weighted by atomic mass is 10.1. The molecule has 1 aromatic carbocycles. The zero-order chi connectivity index (χ0) is 15.0. The predicted molar refractivity (Wildman–Crippen MR) is 84.4 cm³/mol. The van der Waals surface area contributed by atoms with E-state index in [9.17, 15) is 13.2 Å². The Kier molecular flexibility index (Phi) is 3.71. The molecule has 1 saturated heterocycles. The lowest BCUT2D eigenvalue weighted by molar-refractivity contribution is -0.116. The molecule has 1 aliphatic heterocycles. The first-order valence-corrected chi connectivity index (χ1v) is 9.42. The smallest absolute Gasteiger partial charge is 0.226 e. The molecule has 1 N–H and O–H groups in total. The normalized spacial score (nSPS) is 20.7. The van der Waals surface area contributed by atoms with Gasteiger partial charge < -0.3 is 5.32 Å². The molecule has 3 rings (SSSR count). The molecule has 1 aliphatic rings. The van der Waals surface area contributed by atoms with Gasteiger partial charge in [0.1, 0.15) is 0 Å². The third-order valence-electron chi connectivity index (χ3n) is 3.59. The minimum atomic E-state index is -2.93. The number of hydrogen-bond donors (Lipinski definition) is 1. The molecule has 1 fully saturated rings. The van der Waals surface area contributed by atoms with E-state index in [0.29, 0.717) is 11.6 Å². The topological polar surface area (TPSA) is 76.1 Å². The van der Waals surface area contributed by atoms with E-state index in [0.717, 1.165) is 15.8 Å². The number of anilines is 1. The Labute approximate surface area is 127 Å². The first-order chi connectivity index (χ1) is 9.91. The molecule has 112 valence electrons. The van der Waals surface area contributed by atoms with E-state index in [-0.39, 0.29) is 29.8 Å². The van der Waals surface area contributed by atoms with Crippen LogP contribution in [0.15, 0.2) is 18.2 Å². The summed E-state index contributed by atoms with van der Waals surface area (Å²) in [5.74, 6) is 0.102. The van der Waals surface area contributed by atoms with Crippen molar-refractivity contribution in [1.29, 1.82) is 0 Å². The standard InChI is InChI=1S/C14H16N2O3S2/c1-9-2-3-11-12(6-9)20-14(15-11)16-13(17)7-10-4-5-21(18,19)8-10/h2-3,6,10H,4-5,7-8H2,1H3,(H,15,16,17). The molecule has 0 aliphatic carbocycles. The minimum Gasteiger partial charge on any atom is -0.302 e. The molecule has 2 aromatic rings. The van der Waals surface area contributed by atoms with Crippen LogP contribution < -0.4 is 5.32 Å². The number of thiazole rings is 1. The summed E-state index contributed by atoms with van der Waals surface area (Å²) in [5, 5.41) is 3.35. The number of rotatable bonds is 3. The van der Waals surface area contributed by atoms with Gasteiger partial charge >= 0.3 is 0 Å². The summed E-state index contributed by atoms with van der Waals surface area (Å²) in [4.78, 5) is 16.3. The van der Waals surface area contributed by atoms with E-state index in [2.05, 4.69) is 10.3 Å². The zero-order valence-corrected chi connectivity index (χ0v) is 13.3. The van der Waals surface area contributed by atoms with Crippen molar-refractivity contribution in [3.8, 4) is 0 Å². The molecule has 7 heteroatoms. The SMILES string of the molecule is Cc1ccc2nc(NC(=O)CC3CCS(=O)(=O)C3)sc2c1. The Hall–Kier alpha value is -1.47. The molecule has 5 nitrogen and oxygen atoms in total. The lowest BCUT2D eigenvalue weighted by Gasteiger charge is -2.06. The molecule has 1 atom stereocenters. The predicted octanol–water partition coefficient (Wildman–Crippen LogP) is 2.37. The first kappa shape index (κ1) is 14.5. The lowest BCUT2D eigenvalue weighted by Crippen LogP contribution is -2.17. The van der Waals surface area contributed by atoms with Crippen LogP contribution in [0.5, 0.6) is 0 Å². The van der Waals surface area contributed by atoms with Crippen molar-refractivity contribution in [3.05, 3.63) is 23.8 Å². The van der Waals surface area contributed by atoms with Gasteiger partial charge in [0, 0.05) is 6.42 Å². The number of amides is 1. The Morgan fingerprint density at radius 1 is 1.48 bits per heavy atom. The van der Waals surface area contributed by atoms with Crippen molar-refractivity contribution in [3.63, 3.8) is 0 Å². The third kappa shape index (κ3) is 3.41. The second kappa shape index (κ2) is 5.38. The van der Waals surface area contributed by atoms with E-state index in [1.807, 2.05) is 25.1 Å². The van der Waals surface area contributed by atoms with Crippen molar-refractivity contribution in [2.75, 3.05) is 16.8 Å². The maximum atomic E-state index is 12.0. The van der Waals surface area contributed by atoms with Crippen LogP contribution in [-0.2, 0) is 14.6 Å². The van der Waals surface area contributed by atoms with Gasteiger partial charge in [0.25, 0.3) is 0 Å². The number of aryl methyl sites for hydroxylation is 1. The highest BCUT2D eigenvalue weighted by molar-refractivity contribution is 7.91. The Morgan fingerprint density at radius 2 is 2.29 bits per heavy atom. The van der Waals surface area contributed by atoms with Gasteiger partial charge in [-0.25, -0.2) is 13.4 Å². The summed E-state index contributed by atoms with van der Waals surface area (Å²) in [6.07, 6.45) is 0.822. The molecule has 0 saturated carbocycles. The van der Waals surface area contributed by atoms with Crippen molar-refractivity contribution >= 4 is 42.4 Å². The van der Waals surface area contributed by atoms with Crippen molar-refractivity contribution < 1.29 is 13.2 Å².